The second kappa shape index (κ2) is 9.61. The number of rotatable bonds is 7. The molecule has 2 aliphatic rings. The zero-order valence-corrected chi connectivity index (χ0v) is 16.5. The number of carbonyl (C=O) groups is 2. The van der Waals surface area contributed by atoms with Crippen LogP contribution in [0.2, 0.25) is 0 Å². The molecule has 2 saturated heterocycles. The van der Waals surface area contributed by atoms with E-state index in [2.05, 4.69) is 0 Å². The lowest BCUT2D eigenvalue weighted by molar-refractivity contribution is -0.143. The summed E-state index contributed by atoms with van der Waals surface area (Å²) in [7, 11) is 0. The van der Waals surface area contributed by atoms with Crippen molar-refractivity contribution >= 4 is 23.3 Å². The maximum absolute atomic E-state index is 14.8. The van der Waals surface area contributed by atoms with Crippen LogP contribution in [0.3, 0.4) is 0 Å². The average Bonchev–Trinajstić information content (AvgIpc) is 2.91. The second-order valence-electron chi connectivity index (χ2n) is 7.02. The van der Waals surface area contributed by atoms with Crippen LogP contribution in [0.15, 0.2) is 12.1 Å². The third kappa shape index (κ3) is 5.01. The molecule has 2 aliphatic heterocycles. The Morgan fingerprint density at radius 2 is 1.90 bits per heavy atom. The minimum absolute atomic E-state index is 0.0392. The number of hydrogen-bond donors (Lipinski definition) is 0. The van der Waals surface area contributed by atoms with Crippen LogP contribution in [-0.4, -0.2) is 68.8 Å². The van der Waals surface area contributed by atoms with Gasteiger partial charge >= 0.3 is 6.09 Å². The maximum atomic E-state index is 14.8. The number of amides is 1. The minimum atomic E-state index is -3.08. The Morgan fingerprint density at radius 1 is 1.20 bits per heavy atom. The Morgan fingerprint density at radius 3 is 2.53 bits per heavy atom. The fraction of sp³-hybridized carbons (Fsp3) is 0.579. The number of hydrogen-bond acceptors (Lipinski definition) is 6. The Bertz CT molecular complexity index is 772. The number of ketones is 1. The molecule has 2 fully saturated rings. The van der Waals surface area contributed by atoms with Gasteiger partial charge in [0.15, 0.2) is 17.4 Å². The summed E-state index contributed by atoms with van der Waals surface area (Å²) in [6.45, 7) is 3.91. The SMILES string of the molecule is CCN1CCN(c2c(F)cc(N3C[C@H](CCC(=O)C(F)F)OC3=O)cc2F)CCO1. The van der Waals surface area contributed by atoms with Crippen molar-refractivity contribution in [2.45, 2.75) is 32.3 Å². The lowest BCUT2D eigenvalue weighted by Gasteiger charge is -2.24. The summed E-state index contributed by atoms with van der Waals surface area (Å²) in [5.41, 5.74) is -0.241. The Hall–Kier alpha value is -2.40. The van der Waals surface area contributed by atoms with Crippen molar-refractivity contribution in [1.82, 2.24) is 5.06 Å². The molecule has 0 saturated carbocycles. The van der Waals surface area contributed by atoms with E-state index >= 15 is 0 Å². The van der Waals surface area contributed by atoms with E-state index in [0.29, 0.717) is 26.2 Å². The number of hydroxylamine groups is 2. The molecule has 0 radical (unpaired) electrons. The topological polar surface area (TPSA) is 62.3 Å². The summed E-state index contributed by atoms with van der Waals surface area (Å²) in [5, 5.41) is 1.71. The first-order valence-corrected chi connectivity index (χ1v) is 9.71. The standard InChI is InChI=1S/C19H23F4N3O4/c1-2-25-6-5-24(7-8-29-25)17-14(20)9-12(10-15(17)21)26-11-13(30-19(26)28)3-4-16(27)18(22)23/h9-10,13,18H,2-8,11H2,1H3/t13-/m0/s1. The lowest BCUT2D eigenvalue weighted by atomic mass is 10.1. The van der Waals surface area contributed by atoms with Gasteiger partial charge in [-0.25, -0.2) is 22.4 Å². The predicted molar refractivity (Wildman–Crippen MR) is 99.6 cm³/mol. The monoisotopic (exact) mass is 433 g/mol. The molecule has 1 aromatic carbocycles. The van der Waals surface area contributed by atoms with Crippen molar-refractivity contribution in [2.24, 2.45) is 0 Å². The molecule has 30 heavy (non-hydrogen) atoms. The van der Waals surface area contributed by atoms with E-state index in [1.165, 1.54) is 0 Å². The molecule has 1 amide bonds. The number of halogens is 4. The van der Waals surface area contributed by atoms with Gasteiger partial charge in [-0.1, -0.05) is 6.92 Å². The van der Waals surface area contributed by atoms with Gasteiger partial charge in [0.1, 0.15) is 11.8 Å². The fourth-order valence-electron chi connectivity index (χ4n) is 3.47. The van der Waals surface area contributed by atoms with Crippen LogP contribution in [0, 0.1) is 11.6 Å². The van der Waals surface area contributed by atoms with Gasteiger partial charge in [-0.3, -0.25) is 14.5 Å². The number of anilines is 2. The molecule has 1 atom stereocenters. The molecule has 0 unspecified atom stereocenters. The third-order valence-electron chi connectivity index (χ3n) is 5.07. The van der Waals surface area contributed by atoms with E-state index in [9.17, 15) is 27.2 Å². The number of nitrogens with zero attached hydrogens (tertiary/aromatic N) is 3. The fourth-order valence-corrected chi connectivity index (χ4v) is 3.47. The van der Waals surface area contributed by atoms with Gasteiger partial charge in [0.05, 0.1) is 18.8 Å². The molecule has 0 bridgehead atoms. The van der Waals surface area contributed by atoms with Crippen molar-refractivity contribution in [2.75, 3.05) is 49.1 Å². The number of cyclic esters (lactones) is 1. The van der Waals surface area contributed by atoms with Gasteiger partial charge < -0.3 is 9.64 Å². The van der Waals surface area contributed by atoms with Crippen molar-refractivity contribution < 1.29 is 36.7 Å². The van der Waals surface area contributed by atoms with Crippen molar-refractivity contribution in [3.63, 3.8) is 0 Å². The molecule has 7 nitrogen and oxygen atoms in total. The van der Waals surface area contributed by atoms with E-state index in [4.69, 9.17) is 9.57 Å². The first-order chi connectivity index (χ1) is 14.3. The highest BCUT2D eigenvalue weighted by atomic mass is 19.3. The second-order valence-corrected chi connectivity index (χ2v) is 7.02. The van der Waals surface area contributed by atoms with Crippen molar-refractivity contribution in [3.8, 4) is 0 Å². The van der Waals surface area contributed by atoms with E-state index in [-0.39, 0.29) is 30.9 Å². The van der Waals surface area contributed by atoms with Crippen molar-refractivity contribution in [3.05, 3.63) is 23.8 Å². The number of ether oxygens (including phenoxy) is 1. The van der Waals surface area contributed by atoms with Crippen LogP contribution in [-0.2, 0) is 14.4 Å². The summed E-state index contributed by atoms with van der Waals surface area (Å²) in [6.07, 6.45) is -5.28. The van der Waals surface area contributed by atoms with Gasteiger partial charge in [0.25, 0.3) is 6.43 Å². The lowest BCUT2D eigenvalue weighted by Crippen LogP contribution is -2.32. The van der Waals surface area contributed by atoms with Crippen LogP contribution < -0.4 is 9.80 Å². The zero-order valence-electron chi connectivity index (χ0n) is 16.5. The highest BCUT2D eigenvalue weighted by Gasteiger charge is 2.34. The maximum Gasteiger partial charge on any atom is 0.414 e. The average molecular weight is 433 g/mol. The number of alkyl halides is 2. The van der Waals surface area contributed by atoms with E-state index in [1.807, 2.05) is 6.92 Å². The molecule has 166 valence electrons. The van der Waals surface area contributed by atoms with Crippen LogP contribution in [0.4, 0.5) is 33.7 Å². The largest absolute Gasteiger partial charge is 0.444 e. The Balaban J connectivity index is 1.70. The highest BCUT2D eigenvalue weighted by molar-refractivity contribution is 5.90. The molecular weight excluding hydrogens is 410 g/mol. The molecule has 0 aliphatic carbocycles. The normalized spacial score (nSPS) is 20.6. The van der Waals surface area contributed by atoms with E-state index < -0.39 is 42.5 Å². The number of likely N-dealkylation sites (N-methyl/N-ethyl adjacent to an activating group) is 1. The molecule has 1 aromatic rings. The summed E-state index contributed by atoms with van der Waals surface area (Å²) in [4.78, 5) is 31.2. The molecular formula is C19H23F4N3O4. The molecule has 0 spiro atoms. The van der Waals surface area contributed by atoms with Crippen molar-refractivity contribution in [1.29, 1.82) is 0 Å². The summed E-state index contributed by atoms with van der Waals surface area (Å²) in [5.74, 6) is -2.91. The van der Waals surface area contributed by atoms with Gasteiger partial charge in [-0.05, 0) is 6.42 Å². The summed E-state index contributed by atoms with van der Waals surface area (Å²) >= 11 is 0. The first-order valence-electron chi connectivity index (χ1n) is 9.71. The van der Waals surface area contributed by atoms with E-state index in [1.54, 1.807) is 9.96 Å². The van der Waals surface area contributed by atoms with Gasteiger partial charge in [-0.2, -0.15) is 5.06 Å². The molecule has 0 N–H and O–H groups in total. The van der Waals surface area contributed by atoms with Gasteiger partial charge in [-0.15, -0.1) is 0 Å². The highest BCUT2D eigenvalue weighted by Crippen LogP contribution is 2.32. The molecule has 3 rings (SSSR count). The van der Waals surface area contributed by atoms with Gasteiger partial charge in [0, 0.05) is 44.7 Å². The predicted octanol–water partition coefficient (Wildman–Crippen LogP) is 2.98. The number of benzene rings is 1. The minimum Gasteiger partial charge on any atom is -0.444 e. The van der Waals surface area contributed by atoms with Crippen LogP contribution in [0.1, 0.15) is 19.8 Å². The quantitative estimate of drug-likeness (QED) is 0.617. The zero-order chi connectivity index (χ0) is 21.8. The number of Topliss-reactive ketones (excluding diaryl/α,β-unsaturated/α-hetero) is 1. The van der Waals surface area contributed by atoms with Crippen LogP contribution >= 0.6 is 0 Å². The van der Waals surface area contributed by atoms with Crippen LogP contribution in [0.5, 0.6) is 0 Å². The Labute approximate surface area is 171 Å². The van der Waals surface area contributed by atoms with E-state index in [0.717, 1.165) is 17.0 Å². The summed E-state index contributed by atoms with van der Waals surface area (Å²) < 4.78 is 59.2. The molecule has 0 aromatic heterocycles. The number of carbonyl (C=O) groups excluding carboxylic acids is 2. The third-order valence-corrected chi connectivity index (χ3v) is 5.07. The molecule has 2 heterocycles. The Kier molecular flexibility index (Phi) is 7.14. The summed E-state index contributed by atoms with van der Waals surface area (Å²) in [6, 6.07) is 2.07. The van der Waals surface area contributed by atoms with Crippen LogP contribution in [0.25, 0.3) is 0 Å². The smallest absolute Gasteiger partial charge is 0.414 e. The first kappa shape index (κ1) is 22.3. The molecule has 11 heteroatoms. The van der Waals surface area contributed by atoms with Gasteiger partial charge in [0.2, 0.25) is 0 Å².